The van der Waals surface area contributed by atoms with Crippen molar-refractivity contribution in [3.05, 3.63) is 61.3 Å². The fourth-order valence-electron chi connectivity index (χ4n) is 1.79. The van der Waals surface area contributed by atoms with Gasteiger partial charge in [-0.25, -0.2) is 4.39 Å². The minimum Gasteiger partial charge on any atom is -0.376 e. The molecule has 6 heteroatoms. The molecule has 106 valence electrons. The molecule has 1 atom stereocenters. The maximum atomic E-state index is 13.8. The summed E-state index contributed by atoms with van der Waals surface area (Å²) in [5.74, 6) is -0.345. The molecule has 1 unspecified atom stereocenters. The largest absolute Gasteiger partial charge is 0.376 e. The zero-order valence-electron chi connectivity index (χ0n) is 10.4. The highest BCUT2D eigenvalue weighted by Gasteiger charge is 2.15. The molecule has 2 rings (SSSR count). The smallest absolute Gasteiger partial charge is 0.147 e. The highest BCUT2D eigenvalue weighted by atomic mass is 79.9. The number of halogens is 5. The molecule has 0 radical (unpaired) electrons. The number of anilines is 1. The third-order valence-electron chi connectivity index (χ3n) is 2.83. The van der Waals surface area contributed by atoms with Crippen molar-refractivity contribution < 1.29 is 4.39 Å². The summed E-state index contributed by atoms with van der Waals surface area (Å²) in [6.07, 6.45) is 0. The Hall–Kier alpha value is -0.480. The van der Waals surface area contributed by atoms with Gasteiger partial charge in [0.05, 0.1) is 26.8 Å². The molecular formula is C14H10BrCl3FN. The van der Waals surface area contributed by atoms with E-state index < -0.39 is 0 Å². The summed E-state index contributed by atoms with van der Waals surface area (Å²) < 4.78 is 14.5. The van der Waals surface area contributed by atoms with E-state index >= 15 is 0 Å². The number of benzene rings is 2. The van der Waals surface area contributed by atoms with E-state index in [9.17, 15) is 4.39 Å². The fourth-order valence-corrected chi connectivity index (χ4v) is 2.83. The molecule has 0 bridgehead atoms. The zero-order valence-corrected chi connectivity index (χ0v) is 14.2. The molecule has 0 fully saturated rings. The first-order valence-corrected chi connectivity index (χ1v) is 7.68. The number of rotatable bonds is 3. The molecule has 0 amide bonds. The Kier molecular flexibility index (Phi) is 5.19. The fraction of sp³-hybridized carbons (Fsp3) is 0.143. The molecule has 20 heavy (non-hydrogen) atoms. The number of hydrogen-bond acceptors (Lipinski definition) is 1. The van der Waals surface area contributed by atoms with Crippen molar-refractivity contribution >= 4 is 56.4 Å². The summed E-state index contributed by atoms with van der Waals surface area (Å²) in [4.78, 5) is 0. The minimum atomic E-state index is -0.345. The molecule has 1 N–H and O–H groups in total. The SMILES string of the molecule is CC(Nc1ccc(Br)cc1F)c1ccc(Cl)c(Cl)c1Cl. The Balaban J connectivity index is 2.28. The van der Waals surface area contributed by atoms with Crippen LogP contribution in [0.1, 0.15) is 18.5 Å². The van der Waals surface area contributed by atoms with Crippen LogP contribution in [0, 0.1) is 5.82 Å². The van der Waals surface area contributed by atoms with E-state index in [1.54, 1.807) is 24.3 Å². The Morgan fingerprint density at radius 1 is 1.10 bits per heavy atom. The predicted molar refractivity (Wildman–Crippen MR) is 87.6 cm³/mol. The number of hydrogen-bond donors (Lipinski definition) is 1. The van der Waals surface area contributed by atoms with E-state index in [4.69, 9.17) is 34.8 Å². The van der Waals surface area contributed by atoms with Crippen molar-refractivity contribution in [1.29, 1.82) is 0 Å². The second-order valence-electron chi connectivity index (χ2n) is 4.25. The quantitative estimate of drug-likeness (QED) is 0.567. The lowest BCUT2D eigenvalue weighted by Crippen LogP contribution is -2.08. The molecule has 0 aromatic heterocycles. The summed E-state index contributed by atoms with van der Waals surface area (Å²) >= 11 is 21.3. The van der Waals surface area contributed by atoms with Gasteiger partial charge in [0.1, 0.15) is 5.82 Å². The molecule has 0 saturated heterocycles. The molecule has 0 saturated carbocycles. The van der Waals surface area contributed by atoms with Gasteiger partial charge in [0.15, 0.2) is 0 Å². The topological polar surface area (TPSA) is 12.0 Å². The van der Waals surface area contributed by atoms with Gasteiger partial charge in [0, 0.05) is 4.47 Å². The van der Waals surface area contributed by atoms with Gasteiger partial charge in [-0.1, -0.05) is 56.8 Å². The molecular weight excluding hydrogens is 387 g/mol. The van der Waals surface area contributed by atoms with E-state index in [1.807, 2.05) is 6.92 Å². The number of nitrogens with one attached hydrogen (secondary N) is 1. The standard InChI is InChI=1S/C14H10BrCl3FN/c1-7(9-3-4-10(16)14(18)13(9)17)20-12-5-2-8(15)6-11(12)19/h2-7,20H,1H3. The van der Waals surface area contributed by atoms with Crippen molar-refractivity contribution in [2.75, 3.05) is 5.32 Å². The van der Waals surface area contributed by atoms with E-state index in [0.717, 1.165) is 5.56 Å². The van der Waals surface area contributed by atoms with Crippen molar-refractivity contribution in [2.45, 2.75) is 13.0 Å². The summed E-state index contributed by atoms with van der Waals surface area (Å²) in [5.41, 5.74) is 1.14. The van der Waals surface area contributed by atoms with Gasteiger partial charge in [-0.3, -0.25) is 0 Å². The first kappa shape index (κ1) is 15.9. The summed E-state index contributed by atoms with van der Waals surface area (Å²) in [6.45, 7) is 1.87. The summed E-state index contributed by atoms with van der Waals surface area (Å²) in [7, 11) is 0. The molecule has 0 heterocycles. The van der Waals surface area contributed by atoms with Gasteiger partial charge in [-0.2, -0.15) is 0 Å². The van der Waals surface area contributed by atoms with E-state index in [-0.39, 0.29) is 11.9 Å². The van der Waals surface area contributed by atoms with Gasteiger partial charge in [0.2, 0.25) is 0 Å². The normalized spacial score (nSPS) is 12.3. The van der Waals surface area contributed by atoms with Crippen LogP contribution in [0.5, 0.6) is 0 Å². The van der Waals surface area contributed by atoms with Gasteiger partial charge in [-0.05, 0) is 36.8 Å². The molecule has 0 aliphatic rings. The lowest BCUT2D eigenvalue weighted by Gasteiger charge is -2.18. The van der Waals surface area contributed by atoms with Gasteiger partial charge in [0.25, 0.3) is 0 Å². The third kappa shape index (κ3) is 3.40. The van der Waals surface area contributed by atoms with E-state index in [2.05, 4.69) is 21.2 Å². The Bertz CT molecular complexity index is 649. The Labute approximate surface area is 140 Å². The zero-order chi connectivity index (χ0) is 14.9. The maximum Gasteiger partial charge on any atom is 0.147 e. The lowest BCUT2D eigenvalue weighted by atomic mass is 10.1. The van der Waals surface area contributed by atoms with Crippen molar-refractivity contribution in [3.63, 3.8) is 0 Å². The summed E-state index contributed by atoms with van der Waals surface area (Å²) in [6, 6.07) is 8.03. The highest BCUT2D eigenvalue weighted by molar-refractivity contribution is 9.10. The molecule has 0 spiro atoms. The van der Waals surface area contributed by atoms with Crippen LogP contribution in [0.15, 0.2) is 34.8 Å². The third-order valence-corrected chi connectivity index (χ3v) is 4.64. The Morgan fingerprint density at radius 2 is 1.80 bits per heavy atom. The molecule has 2 aromatic carbocycles. The van der Waals surface area contributed by atoms with Crippen LogP contribution in [-0.4, -0.2) is 0 Å². The first-order chi connectivity index (χ1) is 9.40. The molecule has 0 aliphatic carbocycles. The van der Waals surface area contributed by atoms with Crippen LogP contribution in [0.3, 0.4) is 0 Å². The average molecular weight is 398 g/mol. The monoisotopic (exact) mass is 395 g/mol. The van der Waals surface area contributed by atoms with Crippen molar-refractivity contribution in [2.24, 2.45) is 0 Å². The predicted octanol–water partition coefficient (Wildman–Crippen LogP) is 6.72. The van der Waals surface area contributed by atoms with Crippen LogP contribution in [0.4, 0.5) is 10.1 Å². The van der Waals surface area contributed by atoms with Crippen LogP contribution >= 0.6 is 50.7 Å². The van der Waals surface area contributed by atoms with Crippen LogP contribution in [0.25, 0.3) is 0 Å². The molecule has 0 aliphatic heterocycles. The van der Waals surface area contributed by atoms with Crippen molar-refractivity contribution in [1.82, 2.24) is 0 Å². The van der Waals surface area contributed by atoms with E-state index in [0.29, 0.717) is 25.2 Å². The Morgan fingerprint density at radius 3 is 2.45 bits per heavy atom. The maximum absolute atomic E-state index is 13.8. The van der Waals surface area contributed by atoms with Crippen LogP contribution in [-0.2, 0) is 0 Å². The van der Waals surface area contributed by atoms with Gasteiger partial charge >= 0.3 is 0 Å². The molecule has 1 nitrogen and oxygen atoms in total. The van der Waals surface area contributed by atoms with Gasteiger partial charge in [-0.15, -0.1) is 0 Å². The summed E-state index contributed by atoms with van der Waals surface area (Å²) in [5, 5.41) is 4.12. The van der Waals surface area contributed by atoms with E-state index in [1.165, 1.54) is 6.07 Å². The highest BCUT2D eigenvalue weighted by Crippen LogP contribution is 2.36. The van der Waals surface area contributed by atoms with Crippen LogP contribution in [0.2, 0.25) is 15.1 Å². The van der Waals surface area contributed by atoms with Crippen LogP contribution < -0.4 is 5.32 Å². The second kappa shape index (κ2) is 6.52. The minimum absolute atomic E-state index is 0.215. The average Bonchev–Trinajstić information content (AvgIpc) is 2.39. The molecule has 2 aromatic rings. The first-order valence-electron chi connectivity index (χ1n) is 5.75. The lowest BCUT2D eigenvalue weighted by molar-refractivity contribution is 0.626. The van der Waals surface area contributed by atoms with Crippen molar-refractivity contribution in [3.8, 4) is 0 Å². The second-order valence-corrected chi connectivity index (χ2v) is 6.33. The van der Waals surface area contributed by atoms with Gasteiger partial charge < -0.3 is 5.32 Å².